The molecule has 0 saturated carbocycles. The number of halogens is 1. The summed E-state index contributed by atoms with van der Waals surface area (Å²) < 4.78 is 13.9. The molecule has 0 fully saturated rings. The molecular weight excluding hydrogens is 475 g/mol. The number of benzene rings is 3. The van der Waals surface area contributed by atoms with Gasteiger partial charge in [0.1, 0.15) is 23.8 Å². The second-order valence-electron chi connectivity index (χ2n) is 9.16. The maximum absolute atomic E-state index is 13.9. The molecule has 0 radical (unpaired) electrons. The molecule has 190 valence electrons. The maximum Gasteiger partial charge on any atom is 0.141 e. The first-order chi connectivity index (χ1) is 18.4. The monoisotopic (exact) mass is 504 g/mol. The first kappa shape index (κ1) is 24.9. The summed E-state index contributed by atoms with van der Waals surface area (Å²) in [5, 5.41) is 12.1. The van der Waals surface area contributed by atoms with Gasteiger partial charge >= 0.3 is 0 Å². The van der Waals surface area contributed by atoms with Crippen LogP contribution in [-0.2, 0) is 6.42 Å². The Balaban J connectivity index is 1.55. The summed E-state index contributed by atoms with van der Waals surface area (Å²) in [5.74, 6) is 0.118. The van der Waals surface area contributed by atoms with E-state index in [4.69, 9.17) is 11.1 Å². The highest BCUT2D eigenvalue weighted by atomic mass is 19.1. The van der Waals surface area contributed by atoms with Gasteiger partial charge in [-0.15, -0.1) is 0 Å². The van der Waals surface area contributed by atoms with Gasteiger partial charge in [-0.3, -0.25) is 5.41 Å². The zero-order valence-corrected chi connectivity index (χ0v) is 21.4. The van der Waals surface area contributed by atoms with Gasteiger partial charge in [-0.2, -0.15) is 0 Å². The third kappa shape index (κ3) is 4.54. The quantitative estimate of drug-likeness (QED) is 0.252. The molecular formula is C31H29FN6. The van der Waals surface area contributed by atoms with Crippen molar-refractivity contribution in [1.82, 2.24) is 9.97 Å². The molecule has 4 aromatic rings. The number of aromatic nitrogens is 2. The van der Waals surface area contributed by atoms with Crippen LogP contribution in [0.1, 0.15) is 40.3 Å². The predicted molar refractivity (Wildman–Crippen MR) is 154 cm³/mol. The fourth-order valence-electron chi connectivity index (χ4n) is 4.93. The standard InChI is InChI=1S/C31H29FN6/c1-4-21-10-5-6-14-26(21)38-20(3)27-19(2)9-7-11-22(27)16-25(38)17-35-31-28(30(34)36-18-37-31)29(33)23-12-8-13-24(32)15-23/h5-16,18,33H,3-4,17H2,1-2H3,(H3,34,35,36,37). The molecule has 3 aromatic carbocycles. The van der Waals surface area contributed by atoms with E-state index in [-0.39, 0.29) is 11.5 Å². The summed E-state index contributed by atoms with van der Waals surface area (Å²) in [7, 11) is 0. The van der Waals surface area contributed by atoms with Crippen molar-refractivity contribution in [3.8, 4) is 0 Å². The van der Waals surface area contributed by atoms with Crippen molar-refractivity contribution < 1.29 is 4.39 Å². The Bertz CT molecular complexity index is 1590. The molecule has 0 unspecified atom stereocenters. The molecule has 38 heavy (non-hydrogen) atoms. The molecule has 7 heteroatoms. The second kappa shape index (κ2) is 10.3. The average Bonchev–Trinajstić information content (AvgIpc) is 2.91. The average molecular weight is 505 g/mol. The van der Waals surface area contributed by atoms with Gasteiger partial charge in [0.2, 0.25) is 0 Å². The van der Waals surface area contributed by atoms with E-state index in [1.807, 2.05) is 18.2 Å². The van der Waals surface area contributed by atoms with Crippen LogP contribution < -0.4 is 16.0 Å². The number of nitrogens with zero attached hydrogens (tertiary/aromatic N) is 3. The zero-order valence-electron chi connectivity index (χ0n) is 21.4. The van der Waals surface area contributed by atoms with Gasteiger partial charge in [-0.1, -0.05) is 62.0 Å². The van der Waals surface area contributed by atoms with E-state index in [1.165, 1.54) is 24.0 Å². The minimum absolute atomic E-state index is 0.0429. The first-order valence-corrected chi connectivity index (χ1v) is 12.5. The maximum atomic E-state index is 13.9. The lowest BCUT2D eigenvalue weighted by Crippen LogP contribution is -2.29. The van der Waals surface area contributed by atoms with Gasteiger partial charge in [0.25, 0.3) is 0 Å². The van der Waals surface area contributed by atoms with Crippen molar-refractivity contribution in [3.05, 3.63) is 125 Å². The topological polar surface area (TPSA) is 90.9 Å². The van der Waals surface area contributed by atoms with Crippen LogP contribution in [-0.4, -0.2) is 22.2 Å². The van der Waals surface area contributed by atoms with Crippen molar-refractivity contribution >= 4 is 34.8 Å². The smallest absolute Gasteiger partial charge is 0.141 e. The number of nitrogens with two attached hydrogens (primary N) is 1. The molecule has 2 heterocycles. The zero-order chi connectivity index (χ0) is 26.8. The minimum atomic E-state index is -0.428. The summed E-state index contributed by atoms with van der Waals surface area (Å²) in [5.41, 5.74) is 14.5. The number of hydrogen-bond donors (Lipinski definition) is 3. The number of anilines is 3. The van der Waals surface area contributed by atoms with Crippen LogP contribution in [0, 0.1) is 18.2 Å². The molecule has 0 spiro atoms. The molecule has 6 nitrogen and oxygen atoms in total. The summed E-state index contributed by atoms with van der Waals surface area (Å²) >= 11 is 0. The van der Waals surface area contributed by atoms with Crippen LogP contribution in [0.2, 0.25) is 0 Å². The Morgan fingerprint density at radius 1 is 1.08 bits per heavy atom. The van der Waals surface area contributed by atoms with E-state index < -0.39 is 5.82 Å². The van der Waals surface area contributed by atoms with Crippen molar-refractivity contribution in [1.29, 1.82) is 5.41 Å². The fraction of sp³-hybridized carbons (Fsp3) is 0.129. The lowest BCUT2D eigenvalue weighted by Gasteiger charge is -2.36. The van der Waals surface area contributed by atoms with E-state index in [0.29, 0.717) is 23.5 Å². The molecule has 0 bridgehead atoms. The van der Waals surface area contributed by atoms with Gasteiger partial charge in [0, 0.05) is 28.2 Å². The minimum Gasteiger partial charge on any atom is -0.383 e. The molecule has 0 amide bonds. The molecule has 1 aromatic heterocycles. The normalized spacial score (nSPS) is 12.7. The Labute approximate surface area is 221 Å². The Morgan fingerprint density at radius 3 is 2.66 bits per heavy atom. The number of nitrogen functional groups attached to an aromatic ring is 1. The van der Waals surface area contributed by atoms with Crippen LogP contribution in [0.3, 0.4) is 0 Å². The van der Waals surface area contributed by atoms with E-state index in [9.17, 15) is 4.39 Å². The van der Waals surface area contributed by atoms with Crippen LogP contribution in [0.5, 0.6) is 0 Å². The molecule has 4 N–H and O–H groups in total. The summed E-state index contributed by atoms with van der Waals surface area (Å²) in [6, 6.07) is 20.4. The molecule has 0 saturated heterocycles. The number of nitrogens with one attached hydrogen (secondary N) is 2. The molecule has 0 atom stereocenters. The largest absolute Gasteiger partial charge is 0.383 e. The lowest BCUT2D eigenvalue weighted by molar-refractivity contribution is 0.627. The highest BCUT2D eigenvalue weighted by molar-refractivity contribution is 6.16. The lowest BCUT2D eigenvalue weighted by atomic mass is 9.93. The van der Waals surface area contributed by atoms with Gasteiger partial charge in [0.15, 0.2) is 0 Å². The van der Waals surface area contributed by atoms with E-state index >= 15 is 0 Å². The SMILES string of the molecule is C=C1c2c(C)cccc2C=C(CNc2ncnc(N)c2C(=N)c2cccc(F)c2)N1c1ccccc1CC. The van der Waals surface area contributed by atoms with Crippen molar-refractivity contribution in [2.45, 2.75) is 20.3 Å². The third-order valence-corrected chi connectivity index (χ3v) is 6.76. The Kier molecular flexibility index (Phi) is 6.75. The molecule has 1 aliphatic heterocycles. The van der Waals surface area contributed by atoms with Gasteiger partial charge in [-0.25, -0.2) is 14.4 Å². The first-order valence-electron chi connectivity index (χ1n) is 12.5. The number of fused-ring (bicyclic) bond motifs is 1. The van der Waals surface area contributed by atoms with Crippen molar-refractivity contribution in [2.75, 3.05) is 22.5 Å². The van der Waals surface area contributed by atoms with Crippen LogP contribution in [0.25, 0.3) is 11.8 Å². The summed E-state index contributed by atoms with van der Waals surface area (Å²) in [6.07, 6.45) is 4.38. The Morgan fingerprint density at radius 2 is 1.87 bits per heavy atom. The van der Waals surface area contributed by atoms with Crippen LogP contribution in [0.4, 0.5) is 21.7 Å². The van der Waals surface area contributed by atoms with E-state index in [0.717, 1.165) is 40.2 Å². The van der Waals surface area contributed by atoms with Crippen molar-refractivity contribution in [2.24, 2.45) is 0 Å². The van der Waals surface area contributed by atoms with Gasteiger partial charge in [-0.05, 0) is 54.3 Å². The van der Waals surface area contributed by atoms with Crippen LogP contribution >= 0.6 is 0 Å². The summed E-state index contributed by atoms with van der Waals surface area (Å²) in [4.78, 5) is 10.7. The van der Waals surface area contributed by atoms with Crippen molar-refractivity contribution in [3.63, 3.8) is 0 Å². The number of hydrogen-bond acceptors (Lipinski definition) is 6. The number of para-hydroxylation sites is 1. The molecule has 0 aliphatic carbocycles. The van der Waals surface area contributed by atoms with Gasteiger partial charge < -0.3 is 16.0 Å². The molecule has 5 rings (SSSR count). The summed E-state index contributed by atoms with van der Waals surface area (Å²) in [6.45, 7) is 9.12. The second-order valence-corrected chi connectivity index (χ2v) is 9.16. The third-order valence-electron chi connectivity index (χ3n) is 6.76. The fourth-order valence-corrected chi connectivity index (χ4v) is 4.93. The molecule has 1 aliphatic rings. The number of aryl methyl sites for hydroxylation is 2. The van der Waals surface area contributed by atoms with E-state index in [2.05, 4.69) is 71.0 Å². The van der Waals surface area contributed by atoms with Gasteiger partial charge in [0.05, 0.1) is 17.8 Å². The van der Waals surface area contributed by atoms with Crippen LogP contribution in [0.15, 0.2) is 85.3 Å². The predicted octanol–water partition coefficient (Wildman–Crippen LogP) is 6.43. The number of rotatable bonds is 7. The highest BCUT2D eigenvalue weighted by Gasteiger charge is 2.26. The highest BCUT2D eigenvalue weighted by Crippen LogP contribution is 2.39. The van der Waals surface area contributed by atoms with E-state index in [1.54, 1.807) is 12.1 Å². The Hall–Kier alpha value is -4.78.